The molecule has 0 spiro atoms. The lowest BCUT2D eigenvalue weighted by molar-refractivity contribution is 0.881. The van der Waals surface area contributed by atoms with E-state index in [0.717, 1.165) is 11.1 Å². The molecular formula is C11H10N6O2. The van der Waals surface area contributed by atoms with Gasteiger partial charge < -0.3 is 9.97 Å². The fraction of sp³-hybridized carbons (Fsp3) is 0.182. The molecule has 19 heavy (non-hydrogen) atoms. The Hall–Kier alpha value is -2.77. The van der Waals surface area contributed by atoms with Gasteiger partial charge in [-0.05, 0) is 36.3 Å². The number of aryl methyl sites for hydroxylation is 1. The van der Waals surface area contributed by atoms with Crippen molar-refractivity contribution >= 4 is 11.0 Å². The van der Waals surface area contributed by atoms with Crippen molar-refractivity contribution in [1.29, 1.82) is 0 Å². The summed E-state index contributed by atoms with van der Waals surface area (Å²) < 4.78 is 0. The summed E-state index contributed by atoms with van der Waals surface area (Å²) in [5.41, 5.74) is 2.15. The molecule has 2 heterocycles. The van der Waals surface area contributed by atoms with Crippen LogP contribution in [0.5, 0.6) is 0 Å². The normalized spacial score (nSPS) is 11.1. The lowest BCUT2D eigenvalue weighted by atomic mass is 10.0. The molecule has 96 valence electrons. The molecule has 0 aliphatic rings. The highest BCUT2D eigenvalue weighted by Crippen LogP contribution is 2.28. The van der Waals surface area contributed by atoms with Crippen molar-refractivity contribution in [1.82, 2.24) is 30.6 Å². The first-order chi connectivity index (χ1) is 9.08. The van der Waals surface area contributed by atoms with Gasteiger partial charge in [-0.1, -0.05) is 0 Å². The Kier molecular flexibility index (Phi) is 2.31. The van der Waals surface area contributed by atoms with E-state index in [2.05, 4.69) is 30.6 Å². The van der Waals surface area contributed by atoms with Crippen LogP contribution in [-0.2, 0) is 0 Å². The van der Waals surface area contributed by atoms with E-state index in [0.29, 0.717) is 22.4 Å². The third kappa shape index (κ3) is 1.65. The quantitative estimate of drug-likeness (QED) is 0.531. The highest BCUT2D eigenvalue weighted by molar-refractivity contribution is 5.92. The molecule has 3 rings (SSSR count). The summed E-state index contributed by atoms with van der Waals surface area (Å²) in [5, 5.41) is 13.7. The van der Waals surface area contributed by atoms with E-state index >= 15 is 0 Å². The second kappa shape index (κ2) is 3.87. The average molecular weight is 258 g/mol. The molecule has 0 aliphatic heterocycles. The van der Waals surface area contributed by atoms with Gasteiger partial charge in [-0.2, -0.15) is 5.21 Å². The molecule has 0 saturated carbocycles. The molecule has 0 saturated heterocycles. The fourth-order valence-electron chi connectivity index (χ4n) is 2.04. The monoisotopic (exact) mass is 258 g/mol. The van der Waals surface area contributed by atoms with Crippen molar-refractivity contribution in [3.63, 3.8) is 0 Å². The van der Waals surface area contributed by atoms with Crippen molar-refractivity contribution in [3.05, 3.63) is 37.9 Å². The van der Waals surface area contributed by atoms with E-state index in [9.17, 15) is 9.59 Å². The van der Waals surface area contributed by atoms with Crippen LogP contribution in [0.15, 0.2) is 15.7 Å². The van der Waals surface area contributed by atoms with E-state index < -0.39 is 11.1 Å². The van der Waals surface area contributed by atoms with Gasteiger partial charge in [0.25, 0.3) is 0 Å². The molecule has 0 fully saturated rings. The average Bonchev–Trinajstić information content (AvgIpc) is 2.87. The second-order valence-electron chi connectivity index (χ2n) is 4.26. The summed E-state index contributed by atoms with van der Waals surface area (Å²) in [4.78, 5) is 28.0. The Bertz CT molecular complexity index is 875. The molecule has 0 bridgehead atoms. The van der Waals surface area contributed by atoms with Gasteiger partial charge in [0.15, 0.2) is 0 Å². The number of fused-ring (bicyclic) bond motifs is 1. The molecule has 3 aromatic rings. The first kappa shape index (κ1) is 11.3. The fourth-order valence-corrected chi connectivity index (χ4v) is 2.04. The number of aromatic nitrogens is 6. The summed E-state index contributed by atoms with van der Waals surface area (Å²) >= 11 is 0. The van der Waals surface area contributed by atoms with Crippen molar-refractivity contribution in [2.75, 3.05) is 0 Å². The third-order valence-corrected chi connectivity index (χ3v) is 3.11. The van der Waals surface area contributed by atoms with E-state index in [1.165, 1.54) is 0 Å². The Labute approximate surface area is 105 Å². The third-order valence-electron chi connectivity index (χ3n) is 3.11. The van der Waals surface area contributed by atoms with Crippen molar-refractivity contribution in [3.8, 4) is 11.4 Å². The van der Waals surface area contributed by atoms with Crippen LogP contribution in [0.3, 0.4) is 0 Å². The summed E-state index contributed by atoms with van der Waals surface area (Å²) in [6.45, 7) is 3.80. The number of tetrazole rings is 1. The smallest absolute Gasteiger partial charge is 0.314 e. The van der Waals surface area contributed by atoms with Gasteiger partial charge in [-0.15, -0.1) is 10.2 Å². The van der Waals surface area contributed by atoms with Crippen molar-refractivity contribution in [2.45, 2.75) is 13.8 Å². The topological polar surface area (TPSA) is 120 Å². The summed E-state index contributed by atoms with van der Waals surface area (Å²) in [7, 11) is 0. The van der Waals surface area contributed by atoms with E-state index in [-0.39, 0.29) is 0 Å². The molecule has 2 aromatic heterocycles. The van der Waals surface area contributed by atoms with Crippen LogP contribution in [0.2, 0.25) is 0 Å². The molecule has 0 aliphatic carbocycles. The summed E-state index contributed by atoms with van der Waals surface area (Å²) in [5.74, 6) is 0.369. The zero-order valence-corrected chi connectivity index (χ0v) is 10.2. The standard InChI is InChI=1S/C11H10N6O2/c1-4-3-6-8(13-11(19)10(18)12-6)7(5(4)2)9-14-16-17-15-9/h3H,1-2H3,(H,12,18)(H,13,19)(H,14,15,16,17). The zero-order chi connectivity index (χ0) is 13.6. The first-order valence-electron chi connectivity index (χ1n) is 5.58. The first-order valence-corrected chi connectivity index (χ1v) is 5.58. The van der Waals surface area contributed by atoms with Crippen LogP contribution >= 0.6 is 0 Å². The van der Waals surface area contributed by atoms with Crippen LogP contribution in [-0.4, -0.2) is 30.6 Å². The van der Waals surface area contributed by atoms with Gasteiger partial charge in [-0.25, -0.2) is 0 Å². The largest absolute Gasteiger partial charge is 0.316 e. The second-order valence-corrected chi connectivity index (χ2v) is 4.26. The maximum absolute atomic E-state index is 11.5. The van der Waals surface area contributed by atoms with Gasteiger partial charge in [0, 0.05) is 0 Å². The molecule has 1 aromatic carbocycles. The molecule has 0 amide bonds. The van der Waals surface area contributed by atoms with Gasteiger partial charge in [0.05, 0.1) is 16.6 Å². The number of hydrogen-bond donors (Lipinski definition) is 3. The van der Waals surface area contributed by atoms with Gasteiger partial charge in [-0.3, -0.25) is 9.59 Å². The maximum Gasteiger partial charge on any atom is 0.314 e. The van der Waals surface area contributed by atoms with Crippen LogP contribution in [0.1, 0.15) is 11.1 Å². The van der Waals surface area contributed by atoms with Gasteiger partial charge in [0.2, 0.25) is 5.82 Å². The Balaban J connectivity index is 2.54. The molecule has 8 nitrogen and oxygen atoms in total. The van der Waals surface area contributed by atoms with E-state index in [1.807, 2.05) is 13.8 Å². The Morgan fingerprint density at radius 3 is 2.53 bits per heavy atom. The predicted molar refractivity (Wildman–Crippen MR) is 67.8 cm³/mol. The van der Waals surface area contributed by atoms with E-state index in [1.54, 1.807) is 6.07 Å². The Morgan fingerprint density at radius 2 is 1.84 bits per heavy atom. The molecule has 0 radical (unpaired) electrons. The lowest BCUT2D eigenvalue weighted by Crippen LogP contribution is -2.29. The summed E-state index contributed by atoms with van der Waals surface area (Å²) in [6, 6.07) is 1.80. The number of benzene rings is 1. The van der Waals surface area contributed by atoms with Crippen LogP contribution < -0.4 is 11.1 Å². The van der Waals surface area contributed by atoms with Gasteiger partial charge >= 0.3 is 11.1 Å². The highest BCUT2D eigenvalue weighted by atomic mass is 16.2. The van der Waals surface area contributed by atoms with Crippen molar-refractivity contribution in [2.24, 2.45) is 0 Å². The minimum Gasteiger partial charge on any atom is -0.316 e. The predicted octanol–water partition coefficient (Wildman–Crippen LogP) is 0.0133. The number of H-pyrrole nitrogens is 3. The SMILES string of the molecule is Cc1cc2[nH]c(=O)c(=O)[nH]c2c(-c2nn[nH]n2)c1C. The maximum atomic E-state index is 11.5. The zero-order valence-electron chi connectivity index (χ0n) is 10.2. The summed E-state index contributed by atoms with van der Waals surface area (Å²) in [6.07, 6.45) is 0. The number of hydrogen-bond acceptors (Lipinski definition) is 5. The minimum atomic E-state index is -0.708. The number of rotatable bonds is 1. The highest BCUT2D eigenvalue weighted by Gasteiger charge is 2.15. The van der Waals surface area contributed by atoms with Crippen LogP contribution in [0, 0.1) is 13.8 Å². The van der Waals surface area contributed by atoms with E-state index in [4.69, 9.17) is 0 Å². The number of nitrogens with zero attached hydrogens (tertiary/aromatic N) is 3. The lowest BCUT2D eigenvalue weighted by Gasteiger charge is -2.09. The van der Waals surface area contributed by atoms with Crippen LogP contribution in [0.4, 0.5) is 0 Å². The molecule has 0 atom stereocenters. The van der Waals surface area contributed by atoms with Gasteiger partial charge in [0.1, 0.15) is 0 Å². The number of aromatic amines is 3. The molecule has 0 unspecified atom stereocenters. The Morgan fingerprint density at radius 1 is 1.11 bits per heavy atom. The van der Waals surface area contributed by atoms with Crippen molar-refractivity contribution < 1.29 is 0 Å². The van der Waals surface area contributed by atoms with Crippen LogP contribution in [0.25, 0.3) is 22.4 Å². The molecule has 3 N–H and O–H groups in total. The minimum absolute atomic E-state index is 0.369. The number of nitrogens with one attached hydrogen (secondary N) is 3. The molecule has 8 heteroatoms. The molecular weight excluding hydrogens is 248 g/mol.